The Kier molecular flexibility index (Phi) is 3.72. The van der Waals surface area contributed by atoms with Crippen LogP contribution in [0.2, 0.25) is 0 Å². The third kappa shape index (κ3) is 2.42. The second-order valence-corrected chi connectivity index (χ2v) is 4.95. The average molecular weight is 276 g/mol. The number of aromatic nitrogens is 1. The first-order chi connectivity index (χ1) is 10.3. The molecule has 0 bridgehead atoms. The van der Waals surface area contributed by atoms with E-state index in [2.05, 4.69) is 22.8 Å². The highest BCUT2D eigenvalue weighted by atomic mass is 16.5. The third-order valence-electron chi connectivity index (χ3n) is 3.68. The van der Waals surface area contributed by atoms with Gasteiger partial charge in [-0.25, -0.2) is 0 Å². The fourth-order valence-electron chi connectivity index (χ4n) is 2.75. The molecule has 0 aliphatic carbocycles. The second kappa shape index (κ2) is 5.82. The van der Waals surface area contributed by atoms with Crippen LogP contribution in [0.25, 0.3) is 10.9 Å². The Morgan fingerprint density at radius 3 is 2.52 bits per heavy atom. The smallest absolute Gasteiger partial charge is 0.121 e. The Morgan fingerprint density at radius 2 is 1.81 bits per heavy atom. The van der Waals surface area contributed by atoms with Gasteiger partial charge in [0.05, 0.1) is 12.6 Å². The lowest BCUT2D eigenvalue weighted by Gasteiger charge is -2.21. The zero-order valence-electron chi connectivity index (χ0n) is 11.9. The normalized spacial score (nSPS) is 12.2. The molecule has 1 atom stereocenters. The number of para-hydroxylation sites is 1. The van der Waals surface area contributed by atoms with Gasteiger partial charge >= 0.3 is 0 Å². The van der Waals surface area contributed by atoms with Crippen LogP contribution in [0.3, 0.4) is 0 Å². The summed E-state index contributed by atoms with van der Waals surface area (Å²) in [7, 11) is 1.69. The van der Waals surface area contributed by atoms with E-state index in [1.165, 1.54) is 0 Å². The van der Waals surface area contributed by atoms with E-state index in [0.29, 0.717) is 12.3 Å². The summed E-state index contributed by atoms with van der Waals surface area (Å²) in [6, 6.07) is 22.4. The standard InChI is InChI=1S/C18H16N2O/c1-21-13-18(14-7-3-2-4-8-14)20-16(12-19)11-15-9-5-6-10-17(15)20/h2-11,18H,13H2,1H3/t18-/m1/s1. The third-order valence-corrected chi connectivity index (χ3v) is 3.68. The molecule has 0 fully saturated rings. The van der Waals surface area contributed by atoms with Gasteiger partial charge in [0.15, 0.2) is 0 Å². The first-order valence-electron chi connectivity index (χ1n) is 6.89. The van der Waals surface area contributed by atoms with E-state index in [0.717, 1.165) is 16.5 Å². The molecule has 1 heterocycles. The molecule has 3 nitrogen and oxygen atoms in total. The molecule has 0 spiro atoms. The van der Waals surface area contributed by atoms with E-state index in [-0.39, 0.29) is 6.04 Å². The highest BCUT2D eigenvalue weighted by Crippen LogP contribution is 2.28. The summed E-state index contributed by atoms with van der Waals surface area (Å²) < 4.78 is 7.46. The van der Waals surface area contributed by atoms with Crippen molar-refractivity contribution in [2.24, 2.45) is 0 Å². The molecular weight excluding hydrogens is 260 g/mol. The number of benzene rings is 2. The first-order valence-corrected chi connectivity index (χ1v) is 6.89. The van der Waals surface area contributed by atoms with Gasteiger partial charge in [0, 0.05) is 18.0 Å². The van der Waals surface area contributed by atoms with Crippen LogP contribution in [0.5, 0.6) is 0 Å². The van der Waals surface area contributed by atoms with E-state index in [9.17, 15) is 5.26 Å². The zero-order valence-corrected chi connectivity index (χ0v) is 11.9. The molecule has 0 aliphatic rings. The van der Waals surface area contributed by atoms with Crippen LogP contribution in [-0.2, 0) is 4.74 Å². The highest BCUT2D eigenvalue weighted by Gasteiger charge is 2.19. The lowest BCUT2D eigenvalue weighted by atomic mass is 10.1. The summed E-state index contributed by atoms with van der Waals surface area (Å²) in [5, 5.41) is 10.5. The van der Waals surface area contributed by atoms with E-state index in [1.54, 1.807) is 7.11 Å². The van der Waals surface area contributed by atoms with Crippen LogP contribution >= 0.6 is 0 Å². The lowest BCUT2D eigenvalue weighted by Crippen LogP contribution is -2.17. The van der Waals surface area contributed by atoms with Gasteiger partial charge in [-0.2, -0.15) is 5.26 Å². The summed E-state index contributed by atoms with van der Waals surface area (Å²) in [5.74, 6) is 0. The van der Waals surface area contributed by atoms with Gasteiger partial charge in [0.25, 0.3) is 0 Å². The highest BCUT2D eigenvalue weighted by molar-refractivity contribution is 5.82. The number of nitrogens with zero attached hydrogens (tertiary/aromatic N) is 2. The van der Waals surface area contributed by atoms with Crippen molar-refractivity contribution < 1.29 is 4.74 Å². The molecule has 0 amide bonds. The maximum absolute atomic E-state index is 9.47. The predicted molar refractivity (Wildman–Crippen MR) is 83.1 cm³/mol. The molecule has 21 heavy (non-hydrogen) atoms. The van der Waals surface area contributed by atoms with E-state index in [4.69, 9.17) is 4.74 Å². The molecule has 0 unspecified atom stereocenters. The number of rotatable bonds is 4. The molecule has 0 N–H and O–H groups in total. The van der Waals surface area contributed by atoms with Crippen LogP contribution in [0, 0.1) is 11.3 Å². The summed E-state index contributed by atoms with van der Waals surface area (Å²) in [6.07, 6.45) is 0. The van der Waals surface area contributed by atoms with Crippen LogP contribution in [0.1, 0.15) is 17.3 Å². The molecule has 1 aromatic heterocycles. The van der Waals surface area contributed by atoms with E-state index in [1.807, 2.05) is 48.5 Å². The molecule has 104 valence electrons. The second-order valence-electron chi connectivity index (χ2n) is 4.95. The molecule has 2 aromatic carbocycles. The molecule has 0 saturated heterocycles. The maximum Gasteiger partial charge on any atom is 0.121 e. The van der Waals surface area contributed by atoms with Gasteiger partial charge in [-0.3, -0.25) is 0 Å². The number of methoxy groups -OCH3 is 1. The van der Waals surface area contributed by atoms with Crippen LogP contribution < -0.4 is 0 Å². The van der Waals surface area contributed by atoms with Crippen molar-refractivity contribution in [3.8, 4) is 6.07 Å². The quantitative estimate of drug-likeness (QED) is 0.728. The van der Waals surface area contributed by atoms with E-state index < -0.39 is 0 Å². The number of hydrogen-bond acceptors (Lipinski definition) is 2. The van der Waals surface area contributed by atoms with Crippen LogP contribution in [-0.4, -0.2) is 18.3 Å². The van der Waals surface area contributed by atoms with Gasteiger partial charge in [0.2, 0.25) is 0 Å². The van der Waals surface area contributed by atoms with Crippen LogP contribution in [0.15, 0.2) is 60.7 Å². The summed E-state index contributed by atoms with van der Waals surface area (Å²) in [5.41, 5.74) is 2.85. The zero-order chi connectivity index (χ0) is 14.7. The molecule has 0 radical (unpaired) electrons. The van der Waals surface area contributed by atoms with Crippen molar-refractivity contribution in [2.45, 2.75) is 6.04 Å². The molecule has 0 aliphatic heterocycles. The minimum Gasteiger partial charge on any atom is -0.382 e. The Bertz CT molecular complexity index is 784. The van der Waals surface area contributed by atoms with Crippen molar-refractivity contribution in [1.82, 2.24) is 4.57 Å². The van der Waals surface area contributed by atoms with Gasteiger partial charge in [-0.15, -0.1) is 0 Å². The molecule has 3 heteroatoms. The Morgan fingerprint density at radius 1 is 1.10 bits per heavy atom. The Balaban J connectivity index is 2.22. The van der Waals surface area contributed by atoms with Gasteiger partial charge in [-0.05, 0) is 17.7 Å². The van der Waals surface area contributed by atoms with Crippen molar-refractivity contribution >= 4 is 10.9 Å². The monoisotopic (exact) mass is 276 g/mol. The van der Waals surface area contributed by atoms with Gasteiger partial charge in [-0.1, -0.05) is 48.5 Å². The molecule has 0 saturated carbocycles. The van der Waals surface area contributed by atoms with Crippen LogP contribution in [0.4, 0.5) is 0 Å². The lowest BCUT2D eigenvalue weighted by molar-refractivity contribution is 0.170. The first kappa shape index (κ1) is 13.4. The SMILES string of the molecule is COC[C@H](c1ccccc1)n1c(C#N)cc2ccccc21. The fraction of sp³-hybridized carbons (Fsp3) is 0.167. The van der Waals surface area contributed by atoms with Gasteiger partial charge < -0.3 is 9.30 Å². The number of fused-ring (bicyclic) bond motifs is 1. The molecule has 3 aromatic rings. The summed E-state index contributed by atoms with van der Waals surface area (Å²) in [6.45, 7) is 0.525. The Hall–Kier alpha value is -2.57. The topological polar surface area (TPSA) is 38.0 Å². The largest absolute Gasteiger partial charge is 0.382 e. The summed E-state index contributed by atoms with van der Waals surface area (Å²) in [4.78, 5) is 0. The predicted octanol–water partition coefficient (Wildman–Crippen LogP) is 3.75. The fourth-order valence-corrected chi connectivity index (χ4v) is 2.75. The van der Waals surface area contributed by atoms with Crippen molar-refractivity contribution in [2.75, 3.05) is 13.7 Å². The van der Waals surface area contributed by atoms with Crippen molar-refractivity contribution in [3.05, 3.63) is 71.9 Å². The minimum absolute atomic E-state index is 0.00856. The maximum atomic E-state index is 9.47. The van der Waals surface area contributed by atoms with Crippen molar-refractivity contribution in [3.63, 3.8) is 0 Å². The number of hydrogen-bond donors (Lipinski definition) is 0. The van der Waals surface area contributed by atoms with Gasteiger partial charge in [0.1, 0.15) is 11.8 Å². The average Bonchev–Trinajstić information content (AvgIpc) is 2.92. The number of nitriles is 1. The van der Waals surface area contributed by atoms with Crippen molar-refractivity contribution in [1.29, 1.82) is 5.26 Å². The van der Waals surface area contributed by atoms with E-state index >= 15 is 0 Å². The molecular formula is C18H16N2O. The molecule has 3 rings (SSSR count). The minimum atomic E-state index is -0.00856. The Labute approximate surface area is 124 Å². The summed E-state index contributed by atoms with van der Waals surface area (Å²) >= 11 is 0. The number of ether oxygens (including phenoxy) is 1.